The summed E-state index contributed by atoms with van der Waals surface area (Å²) in [7, 11) is 0. The van der Waals surface area contributed by atoms with E-state index in [9.17, 15) is 4.79 Å². The molecule has 0 atom stereocenters. The molecule has 0 fully saturated rings. The van der Waals surface area contributed by atoms with E-state index in [1.54, 1.807) is 0 Å². The van der Waals surface area contributed by atoms with Crippen molar-refractivity contribution < 1.29 is 9.53 Å². The summed E-state index contributed by atoms with van der Waals surface area (Å²) < 4.78 is 7.16. The van der Waals surface area contributed by atoms with Gasteiger partial charge in [0.05, 0.1) is 6.61 Å². The molecule has 0 unspecified atom stereocenters. The lowest BCUT2D eigenvalue weighted by atomic mass is 10.1. The van der Waals surface area contributed by atoms with Crippen molar-refractivity contribution in [2.45, 2.75) is 65.3 Å². The SMILES string of the molecule is CCCOC(=O)CCCCCCCn1c[c]nc1C. The van der Waals surface area contributed by atoms with E-state index in [4.69, 9.17) is 4.74 Å². The fraction of sp³-hybridized carbons (Fsp3) is 0.733. The van der Waals surface area contributed by atoms with Crippen LogP contribution in [0.15, 0.2) is 6.20 Å². The predicted octanol–water partition coefficient (Wildman–Crippen LogP) is 3.29. The maximum Gasteiger partial charge on any atom is 0.305 e. The Labute approximate surface area is 116 Å². The number of hydrogen-bond acceptors (Lipinski definition) is 3. The summed E-state index contributed by atoms with van der Waals surface area (Å²) in [6.07, 6.45) is 11.8. The highest BCUT2D eigenvalue weighted by Gasteiger charge is 2.01. The lowest BCUT2D eigenvalue weighted by Crippen LogP contribution is -2.04. The number of imidazole rings is 1. The third kappa shape index (κ3) is 6.99. The Morgan fingerprint density at radius 2 is 2.05 bits per heavy atom. The number of carbonyl (C=O) groups is 1. The van der Waals surface area contributed by atoms with Crippen molar-refractivity contribution in [2.24, 2.45) is 0 Å². The van der Waals surface area contributed by atoms with Crippen LogP contribution in [-0.4, -0.2) is 22.1 Å². The molecule has 0 saturated carbocycles. The minimum absolute atomic E-state index is 0.0496. The van der Waals surface area contributed by atoms with Gasteiger partial charge >= 0.3 is 5.97 Å². The smallest absolute Gasteiger partial charge is 0.305 e. The zero-order chi connectivity index (χ0) is 13.9. The van der Waals surface area contributed by atoms with E-state index >= 15 is 0 Å². The van der Waals surface area contributed by atoms with Gasteiger partial charge in [-0.1, -0.05) is 26.2 Å². The van der Waals surface area contributed by atoms with Crippen LogP contribution in [0.25, 0.3) is 0 Å². The number of hydrogen-bond donors (Lipinski definition) is 0. The topological polar surface area (TPSA) is 44.1 Å². The summed E-state index contributed by atoms with van der Waals surface area (Å²) in [5.41, 5.74) is 0. The second-order valence-corrected chi connectivity index (χ2v) is 4.85. The molecule has 0 aromatic carbocycles. The standard InChI is InChI=1S/C15H25N2O2/c1-3-13-19-15(18)9-7-5-4-6-8-11-17-12-10-16-14(17)2/h12H,3-9,11,13H2,1-2H3. The molecule has 4 heteroatoms. The Bertz CT molecular complexity index is 361. The van der Waals surface area contributed by atoms with Crippen LogP contribution in [0.3, 0.4) is 0 Å². The summed E-state index contributed by atoms with van der Waals surface area (Å²) in [5, 5.41) is 0. The van der Waals surface area contributed by atoms with Crippen LogP contribution in [-0.2, 0) is 16.1 Å². The maximum absolute atomic E-state index is 11.2. The number of aryl methyl sites for hydroxylation is 2. The molecule has 0 saturated heterocycles. The largest absolute Gasteiger partial charge is 0.466 e. The first kappa shape index (κ1) is 15.7. The van der Waals surface area contributed by atoms with Gasteiger partial charge in [0.2, 0.25) is 0 Å². The summed E-state index contributed by atoms with van der Waals surface area (Å²) in [4.78, 5) is 15.3. The van der Waals surface area contributed by atoms with Crippen molar-refractivity contribution in [2.75, 3.05) is 6.61 Å². The summed E-state index contributed by atoms with van der Waals surface area (Å²) in [5.74, 6) is 0.977. The molecule has 19 heavy (non-hydrogen) atoms. The van der Waals surface area contributed by atoms with E-state index in [2.05, 4.69) is 15.7 Å². The number of rotatable bonds is 10. The normalized spacial score (nSPS) is 10.6. The van der Waals surface area contributed by atoms with Crippen LogP contribution >= 0.6 is 0 Å². The van der Waals surface area contributed by atoms with Crippen LogP contribution < -0.4 is 0 Å². The molecule has 0 N–H and O–H groups in total. The molecule has 1 aromatic rings. The van der Waals surface area contributed by atoms with Gasteiger partial charge in [-0.05, 0) is 26.2 Å². The Morgan fingerprint density at radius 1 is 1.32 bits per heavy atom. The Kier molecular flexibility index (Phi) is 7.94. The highest BCUT2D eigenvalue weighted by molar-refractivity contribution is 5.69. The minimum atomic E-state index is -0.0496. The highest BCUT2D eigenvalue weighted by Crippen LogP contribution is 2.08. The lowest BCUT2D eigenvalue weighted by Gasteiger charge is -2.05. The number of esters is 1. The van der Waals surface area contributed by atoms with Crippen LogP contribution in [0.4, 0.5) is 0 Å². The molecule has 1 heterocycles. The monoisotopic (exact) mass is 265 g/mol. The average molecular weight is 265 g/mol. The molecule has 0 spiro atoms. The van der Waals surface area contributed by atoms with Crippen LogP contribution in [0.2, 0.25) is 0 Å². The van der Waals surface area contributed by atoms with Gasteiger partial charge in [0.25, 0.3) is 0 Å². The van der Waals surface area contributed by atoms with Gasteiger partial charge in [0.15, 0.2) is 0 Å². The third-order valence-corrected chi connectivity index (χ3v) is 3.10. The molecule has 1 aromatic heterocycles. The van der Waals surface area contributed by atoms with E-state index in [1.165, 1.54) is 12.8 Å². The molecule has 0 aliphatic rings. The lowest BCUT2D eigenvalue weighted by molar-refractivity contribution is -0.143. The second-order valence-electron chi connectivity index (χ2n) is 4.85. The zero-order valence-corrected chi connectivity index (χ0v) is 12.2. The average Bonchev–Trinajstić information content (AvgIpc) is 2.81. The van der Waals surface area contributed by atoms with Crippen LogP contribution in [0, 0.1) is 13.1 Å². The maximum atomic E-state index is 11.2. The highest BCUT2D eigenvalue weighted by atomic mass is 16.5. The quantitative estimate of drug-likeness (QED) is 0.481. The Hall–Kier alpha value is -1.32. The summed E-state index contributed by atoms with van der Waals surface area (Å²) >= 11 is 0. The van der Waals surface area contributed by atoms with Crippen LogP contribution in [0.5, 0.6) is 0 Å². The fourth-order valence-electron chi connectivity index (χ4n) is 1.95. The van der Waals surface area contributed by atoms with E-state index in [0.29, 0.717) is 13.0 Å². The van der Waals surface area contributed by atoms with Crippen molar-refractivity contribution in [3.05, 3.63) is 18.2 Å². The van der Waals surface area contributed by atoms with E-state index < -0.39 is 0 Å². The van der Waals surface area contributed by atoms with Gasteiger partial charge in [-0.15, -0.1) is 0 Å². The zero-order valence-electron chi connectivity index (χ0n) is 12.2. The number of ether oxygens (including phenoxy) is 1. The summed E-state index contributed by atoms with van der Waals surface area (Å²) in [6.45, 7) is 5.58. The molecule has 0 aliphatic carbocycles. The first-order valence-electron chi connectivity index (χ1n) is 7.29. The van der Waals surface area contributed by atoms with Gasteiger partial charge in [0, 0.05) is 19.2 Å². The van der Waals surface area contributed by atoms with Gasteiger partial charge in [0.1, 0.15) is 12.0 Å². The van der Waals surface area contributed by atoms with Gasteiger partial charge in [-0.25, -0.2) is 4.98 Å². The van der Waals surface area contributed by atoms with Gasteiger partial charge in [-0.2, -0.15) is 0 Å². The molecular formula is C15H25N2O2. The number of nitrogens with zero attached hydrogens (tertiary/aromatic N) is 2. The predicted molar refractivity (Wildman–Crippen MR) is 74.8 cm³/mol. The molecule has 1 radical (unpaired) electrons. The molecule has 1 rings (SSSR count). The Balaban J connectivity index is 1.91. The second kappa shape index (κ2) is 9.59. The molecule has 107 valence electrons. The summed E-state index contributed by atoms with van der Waals surface area (Å²) in [6, 6.07) is 0. The van der Waals surface area contributed by atoms with Crippen molar-refractivity contribution >= 4 is 5.97 Å². The van der Waals surface area contributed by atoms with E-state index in [-0.39, 0.29) is 5.97 Å². The van der Waals surface area contributed by atoms with Gasteiger partial charge < -0.3 is 9.30 Å². The van der Waals surface area contributed by atoms with Crippen LogP contribution in [0.1, 0.15) is 57.7 Å². The minimum Gasteiger partial charge on any atom is -0.466 e. The number of carbonyl (C=O) groups excluding carboxylic acids is 1. The third-order valence-electron chi connectivity index (χ3n) is 3.10. The Morgan fingerprint density at radius 3 is 2.74 bits per heavy atom. The fourth-order valence-corrected chi connectivity index (χ4v) is 1.95. The molecule has 0 bridgehead atoms. The molecule has 4 nitrogen and oxygen atoms in total. The molecule has 0 aliphatic heterocycles. The van der Waals surface area contributed by atoms with Crippen molar-refractivity contribution in [1.29, 1.82) is 0 Å². The van der Waals surface area contributed by atoms with Crippen molar-refractivity contribution in [3.8, 4) is 0 Å². The van der Waals surface area contributed by atoms with Crippen molar-refractivity contribution in [3.63, 3.8) is 0 Å². The first-order valence-corrected chi connectivity index (χ1v) is 7.29. The number of aromatic nitrogens is 2. The molecular weight excluding hydrogens is 240 g/mol. The van der Waals surface area contributed by atoms with E-state index in [0.717, 1.165) is 38.1 Å². The van der Waals surface area contributed by atoms with Gasteiger partial charge in [-0.3, -0.25) is 4.79 Å². The van der Waals surface area contributed by atoms with Crippen molar-refractivity contribution in [1.82, 2.24) is 9.55 Å². The number of unbranched alkanes of at least 4 members (excludes halogenated alkanes) is 4. The van der Waals surface area contributed by atoms with E-state index in [1.807, 2.05) is 20.0 Å². The first-order chi connectivity index (χ1) is 9.24. The molecule has 0 amide bonds.